The van der Waals surface area contributed by atoms with Crippen LogP contribution in [0.4, 0.5) is 0 Å². The fourth-order valence-corrected chi connectivity index (χ4v) is 1.89. The van der Waals surface area contributed by atoms with Crippen LogP contribution in [0, 0.1) is 0 Å². The van der Waals surface area contributed by atoms with Crippen LogP contribution in [0.1, 0.15) is 31.7 Å². The number of nitrogens with one attached hydrogen (secondary N) is 1. The first-order valence-electron chi connectivity index (χ1n) is 6.03. The number of amides is 1. The van der Waals surface area contributed by atoms with E-state index in [-0.39, 0.29) is 17.9 Å². The maximum atomic E-state index is 12.1. The summed E-state index contributed by atoms with van der Waals surface area (Å²) in [5, 5.41) is 2.97. The van der Waals surface area contributed by atoms with Crippen molar-refractivity contribution in [3.63, 3.8) is 0 Å². The molecule has 94 valence electrons. The summed E-state index contributed by atoms with van der Waals surface area (Å²) in [4.78, 5) is 12.1. The van der Waals surface area contributed by atoms with Crippen molar-refractivity contribution in [3.05, 3.63) is 35.9 Å². The first-order chi connectivity index (χ1) is 8.19. The maximum Gasteiger partial charge on any atom is 0.227 e. The van der Waals surface area contributed by atoms with Crippen molar-refractivity contribution in [2.24, 2.45) is 0 Å². The van der Waals surface area contributed by atoms with Crippen LogP contribution in [0.2, 0.25) is 0 Å². The van der Waals surface area contributed by atoms with Crippen molar-refractivity contribution in [2.45, 2.75) is 32.2 Å². The zero-order chi connectivity index (χ0) is 12.7. The van der Waals surface area contributed by atoms with Gasteiger partial charge in [0.2, 0.25) is 5.91 Å². The number of rotatable bonds is 6. The van der Waals surface area contributed by atoms with E-state index in [0.717, 1.165) is 12.0 Å². The highest BCUT2D eigenvalue weighted by Crippen LogP contribution is 2.19. The SMILES string of the molecule is CC[C@H](C(=O)N[C@H](C)COC)c1ccccc1. The number of methoxy groups -OCH3 is 1. The predicted molar refractivity (Wildman–Crippen MR) is 69.0 cm³/mol. The van der Waals surface area contributed by atoms with Gasteiger partial charge in [0.05, 0.1) is 12.5 Å². The first kappa shape index (κ1) is 13.7. The molecule has 0 aromatic heterocycles. The Morgan fingerprint density at radius 1 is 1.35 bits per heavy atom. The summed E-state index contributed by atoms with van der Waals surface area (Å²) in [5.41, 5.74) is 1.07. The topological polar surface area (TPSA) is 38.3 Å². The normalized spacial score (nSPS) is 14.1. The molecule has 0 spiro atoms. The number of hydrogen-bond acceptors (Lipinski definition) is 2. The molecule has 0 saturated carbocycles. The molecule has 2 atom stereocenters. The fourth-order valence-electron chi connectivity index (χ4n) is 1.89. The van der Waals surface area contributed by atoms with Gasteiger partial charge in [-0.05, 0) is 18.9 Å². The molecule has 1 N–H and O–H groups in total. The Morgan fingerprint density at radius 3 is 2.53 bits per heavy atom. The molecule has 0 unspecified atom stereocenters. The first-order valence-corrected chi connectivity index (χ1v) is 6.03. The molecular formula is C14H21NO2. The van der Waals surface area contributed by atoms with E-state index in [2.05, 4.69) is 5.32 Å². The van der Waals surface area contributed by atoms with Gasteiger partial charge in [-0.15, -0.1) is 0 Å². The van der Waals surface area contributed by atoms with Gasteiger partial charge in [0.1, 0.15) is 0 Å². The Bertz CT molecular complexity index is 337. The molecule has 0 saturated heterocycles. The second kappa shape index (κ2) is 7.07. The minimum absolute atomic E-state index is 0.0465. The molecule has 1 aromatic carbocycles. The lowest BCUT2D eigenvalue weighted by molar-refractivity contribution is -0.123. The van der Waals surface area contributed by atoms with Crippen LogP contribution >= 0.6 is 0 Å². The van der Waals surface area contributed by atoms with Crippen LogP contribution in [0.3, 0.4) is 0 Å². The third-order valence-electron chi connectivity index (χ3n) is 2.73. The summed E-state index contributed by atoms with van der Waals surface area (Å²) < 4.78 is 5.01. The quantitative estimate of drug-likeness (QED) is 0.822. The molecule has 0 radical (unpaired) electrons. The van der Waals surface area contributed by atoms with Crippen LogP contribution in [0.5, 0.6) is 0 Å². The van der Waals surface area contributed by atoms with Gasteiger partial charge >= 0.3 is 0 Å². The molecule has 1 aromatic rings. The molecule has 0 heterocycles. The minimum atomic E-state index is -0.0736. The molecule has 1 amide bonds. The summed E-state index contributed by atoms with van der Waals surface area (Å²) in [6.07, 6.45) is 0.801. The van der Waals surface area contributed by atoms with Crippen molar-refractivity contribution in [1.29, 1.82) is 0 Å². The van der Waals surface area contributed by atoms with Gasteiger partial charge in [-0.3, -0.25) is 4.79 Å². The Labute approximate surface area is 103 Å². The number of benzene rings is 1. The maximum absolute atomic E-state index is 12.1. The van der Waals surface area contributed by atoms with Crippen LogP contribution in [0.15, 0.2) is 30.3 Å². The highest BCUT2D eigenvalue weighted by atomic mass is 16.5. The molecule has 0 aliphatic heterocycles. The lowest BCUT2D eigenvalue weighted by Crippen LogP contribution is -2.38. The fraction of sp³-hybridized carbons (Fsp3) is 0.500. The van der Waals surface area contributed by atoms with E-state index in [1.54, 1.807) is 7.11 Å². The van der Waals surface area contributed by atoms with Gasteiger partial charge in [-0.1, -0.05) is 37.3 Å². The molecule has 0 fully saturated rings. The van der Waals surface area contributed by atoms with Crippen molar-refractivity contribution in [3.8, 4) is 0 Å². The van der Waals surface area contributed by atoms with Crippen LogP contribution < -0.4 is 5.32 Å². The Morgan fingerprint density at radius 2 is 2.00 bits per heavy atom. The lowest BCUT2D eigenvalue weighted by Gasteiger charge is -2.19. The number of carbonyl (C=O) groups excluding carboxylic acids is 1. The molecule has 0 aliphatic rings. The van der Waals surface area contributed by atoms with Crippen molar-refractivity contribution >= 4 is 5.91 Å². The van der Waals surface area contributed by atoms with Crippen LogP contribution in [0.25, 0.3) is 0 Å². The molecule has 3 nitrogen and oxygen atoms in total. The summed E-state index contributed by atoms with van der Waals surface area (Å²) in [5.74, 6) is -0.00115. The zero-order valence-corrected chi connectivity index (χ0v) is 10.8. The third kappa shape index (κ3) is 4.19. The van der Waals surface area contributed by atoms with Crippen LogP contribution in [-0.2, 0) is 9.53 Å². The van der Waals surface area contributed by atoms with E-state index in [1.807, 2.05) is 44.2 Å². The Balaban J connectivity index is 2.65. The molecule has 3 heteroatoms. The third-order valence-corrected chi connectivity index (χ3v) is 2.73. The van der Waals surface area contributed by atoms with E-state index >= 15 is 0 Å². The molecule has 0 bridgehead atoms. The number of carbonyl (C=O) groups is 1. The summed E-state index contributed by atoms with van der Waals surface area (Å²) in [6, 6.07) is 9.92. The highest BCUT2D eigenvalue weighted by molar-refractivity contribution is 5.83. The lowest BCUT2D eigenvalue weighted by atomic mass is 9.95. The zero-order valence-electron chi connectivity index (χ0n) is 10.8. The van der Waals surface area contributed by atoms with Gasteiger partial charge < -0.3 is 10.1 Å². The van der Waals surface area contributed by atoms with Crippen molar-refractivity contribution < 1.29 is 9.53 Å². The molecule has 17 heavy (non-hydrogen) atoms. The van der Waals surface area contributed by atoms with E-state index in [9.17, 15) is 4.79 Å². The minimum Gasteiger partial charge on any atom is -0.383 e. The van der Waals surface area contributed by atoms with Gasteiger partial charge in [0.15, 0.2) is 0 Å². The van der Waals surface area contributed by atoms with Crippen LogP contribution in [-0.4, -0.2) is 25.7 Å². The largest absolute Gasteiger partial charge is 0.383 e. The second-order valence-electron chi connectivity index (χ2n) is 4.24. The summed E-state index contributed by atoms with van der Waals surface area (Å²) in [6.45, 7) is 4.51. The highest BCUT2D eigenvalue weighted by Gasteiger charge is 2.19. The predicted octanol–water partition coefficient (Wildman–Crippen LogP) is 2.33. The second-order valence-corrected chi connectivity index (χ2v) is 4.24. The van der Waals surface area contributed by atoms with Gasteiger partial charge in [0, 0.05) is 13.2 Å². The molecule has 1 rings (SSSR count). The summed E-state index contributed by atoms with van der Waals surface area (Å²) in [7, 11) is 1.64. The monoisotopic (exact) mass is 235 g/mol. The van der Waals surface area contributed by atoms with E-state index in [4.69, 9.17) is 4.74 Å². The average Bonchev–Trinajstić information content (AvgIpc) is 2.31. The standard InChI is InChI=1S/C14H21NO2/c1-4-13(12-8-6-5-7-9-12)14(16)15-11(2)10-17-3/h5-9,11,13H,4,10H2,1-3H3,(H,15,16)/t11-,13+/m1/s1. The number of ether oxygens (including phenoxy) is 1. The van der Waals surface area contributed by atoms with Gasteiger partial charge in [-0.2, -0.15) is 0 Å². The van der Waals surface area contributed by atoms with Gasteiger partial charge in [-0.25, -0.2) is 0 Å². The average molecular weight is 235 g/mol. The van der Waals surface area contributed by atoms with E-state index in [0.29, 0.717) is 6.61 Å². The van der Waals surface area contributed by atoms with E-state index in [1.165, 1.54) is 0 Å². The van der Waals surface area contributed by atoms with Gasteiger partial charge in [0.25, 0.3) is 0 Å². The molecular weight excluding hydrogens is 214 g/mol. The smallest absolute Gasteiger partial charge is 0.227 e. The Kier molecular flexibility index (Phi) is 5.70. The summed E-state index contributed by atoms with van der Waals surface area (Å²) >= 11 is 0. The van der Waals surface area contributed by atoms with Crippen molar-refractivity contribution in [1.82, 2.24) is 5.32 Å². The van der Waals surface area contributed by atoms with E-state index < -0.39 is 0 Å². The van der Waals surface area contributed by atoms with Crippen molar-refractivity contribution in [2.75, 3.05) is 13.7 Å². The Hall–Kier alpha value is -1.35. The molecule has 0 aliphatic carbocycles. The number of hydrogen-bond donors (Lipinski definition) is 1.